The van der Waals surface area contributed by atoms with Crippen LogP contribution in [0.25, 0.3) is 0 Å². The minimum atomic E-state index is -0.0449. The van der Waals surface area contributed by atoms with Crippen LogP contribution in [-0.2, 0) is 9.59 Å². The minimum absolute atomic E-state index is 0.0141. The molecule has 2 fully saturated rings. The number of piperazine rings is 1. The van der Waals surface area contributed by atoms with Gasteiger partial charge in [0.2, 0.25) is 11.8 Å². The Morgan fingerprint density at radius 2 is 1.92 bits per heavy atom. The van der Waals surface area contributed by atoms with Gasteiger partial charge in [-0.25, -0.2) is 0 Å². The van der Waals surface area contributed by atoms with Crippen molar-refractivity contribution in [3.8, 4) is 0 Å². The van der Waals surface area contributed by atoms with Gasteiger partial charge in [0.25, 0.3) is 0 Å². The number of amides is 2. The zero-order valence-electron chi connectivity index (χ0n) is 15.8. The number of carbonyl (C=O) groups is 2. The maximum atomic E-state index is 12.3. The molecule has 2 aliphatic rings. The van der Waals surface area contributed by atoms with Gasteiger partial charge in [-0.05, 0) is 43.4 Å². The highest BCUT2D eigenvalue weighted by Crippen LogP contribution is 2.24. The van der Waals surface area contributed by atoms with Crippen LogP contribution >= 0.6 is 0 Å². The quantitative estimate of drug-likeness (QED) is 0.838. The van der Waals surface area contributed by atoms with E-state index in [9.17, 15) is 9.59 Å². The van der Waals surface area contributed by atoms with Crippen molar-refractivity contribution in [1.82, 2.24) is 15.5 Å². The lowest BCUT2D eigenvalue weighted by molar-refractivity contribution is -0.127. The Morgan fingerprint density at radius 3 is 2.58 bits per heavy atom. The summed E-state index contributed by atoms with van der Waals surface area (Å²) >= 11 is 0. The van der Waals surface area contributed by atoms with E-state index >= 15 is 0 Å². The maximum absolute atomic E-state index is 12.3. The summed E-state index contributed by atoms with van der Waals surface area (Å²) in [6.07, 6.45) is 2.51. The number of rotatable bonds is 5. The molecular formula is C20H30N4O2. The highest BCUT2D eigenvalue weighted by Gasteiger charge is 2.20. The van der Waals surface area contributed by atoms with Gasteiger partial charge in [0.05, 0.1) is 19.1 Å². The zero-order valence-corrected chi connectivity index (χ0v) is 15.8. The largest absolute Gasteiger partial charge is 0.372 e. The molecule has 0 bridgehead atoms. The van der Waals surface area contributed by atoms with Crippen LogP contribution < -0.4 is 15.5 Å². The Bertz CT molecular complexity index is 623. The molecule has 0 aromatic heterocycles. The fourth-order valence-electron chi connectivity index (χ4n) is 3.64. The third-order valence-corrected chi connectivity index (χ3v) is 5.40. The highest BCUT2D eigenvalue weighted by molar-refractivity contribution is 5.82. The van der Waals surface area contributed by atoms with E-state index < -0.39 is 0 Å². The van der Waals surface area contributed by atoms with Gasteiger partial charge in [-0.1, -0.05) is 19.1 Å². The van der Waals surface area contributed by atoms with E-state index in [1.165, 1.54) is 18.5 Å². The van der Waals surface area contributed by atoms with Gasteiger partial charge in [0, 0.05) is 31.9 Å². The number of piperidine rings is 1. The molecule has 0 unspecified atom stereocenters. The molecule has 3 rings (SSSR count). The number of anilines is 1. The molecule has 2 N–H and O–H groups in total. The van der Waals surface area contributed by atoms with Crippen LogP contribution in [0.5, 0.6) is 0 Å². The minimum Gasteiger partial charge on any atom is -0.372 e. The Morgan fingerprint density at radius 1 is 1.23 bits per heavy atom. The van der Waals surface area contributed by atoms with Crippen LogP contribution in [0.4, 0.5) is 5.69 Å². The first-order valence-corrected chi connectivity index (χ1v) is 9.64. The second kappa shape index (κ2) is 8.54. The predicted octanol–water partition coefficient (Wildman–Crippen LogP) is 1.53. The van der Waals surface area contributed by atoms with Crippen LogP contribution in [0.15, 0.2) is 24.3 Å². The summed E-state index contributed by atoms with van der Waals surface area (Å²) in [5.41, 5.74) is 2.36. The third kappa shape index (κ3) is 4.97. The predicted molar refractivity (Wildman–Crippen MR) is 103 cm³/mol. The van der Waals surface area contributed by atoms with Crippen molar-refractivity contribution in [2.75, 3.05) is 44.2 Å². The first kappa shape index (κ1) is 18.7. The SMILES string of the molecule is CC1CCN(c2ccc([C@H](C)NC(=O)CN3CCNC(=O)C3)cc2)CC1. The monoisotopic (exact) mass is 358 g/mol. The van der Waals surface area contributed by atoms with Crippen LogP contribution in [0, 0.1) is 5.92 Å². The van der Waals surface area contributed by atoms with Gasteiger partial charge in [0.15, 0.2) is 0 Å². The van der Waals surface area contributed by atoms with E-state index in [2.05, 4.69) is 46.7 Å². The number of hydrogen-bond donors (Lipinski definition) is 2. The molecule has 142 valence electrons. The summed E-state index contributed by atoms with van der Waals surface area (Å²) < 4.78 is 0. The zero-order chi connectivity index (χ0) is 18.5. The van der Waals surface area contributed by atoms with Gasteiger partial charge >= 0.3 is 0 Å². The summed E-state index contributed by atoms with van der Waals surface area (Å²) in [7, 11) is 0. The molecule has 0 spiro atoms. The van der Waals surface area contributed by atoms with Crippen molar-refractivity contribution >= 4 is 17.5 Å². The molecular weight excluding hydrogens is 328 g/mol. The maximum Gasteiger partial charge on any atom is 0.234 e. The van der Waals surface area contributed by atoms with E-state index in [-0.39, 0.29) is 24.4 Å². The van der Waals surface area contributed by atoms with Crippen molar-refractivity contribution < 1.29 is 9.59 Å². The Kier molecular flexibility index (Phi) is 6.14. The number of nitrogens with zero attached hydrogens (tertiary/aromatic N) is 2. The topological polar surface area (TPSA) is 64.7 Å². The number of carbonyl (C=O) groups excluding carboxylic acids is 2. The molecule has 1 atom stereocenters. The summed E-state index contributed by atoms with van der Waals surface area (Å²) in [5.74, 6) is 0.771. The number of nitrogens with one attached hydrogen (secondary N) is 2. The molecule has 6 heteroatoms. The number of benzene rings is 1. The van der Waals surface area contributed by atoms with Crippen LogP contribution in [0.1, 0.15) is 38.3 Å². The summed E-state index contributed by atoms with van der Waals surface area (Å²) in [5, 5.41) is 5.81. The lowest BCUT2D eigenvalue weighted by Crippen LogP contribution is -2.50. The van der Waals surface area contributed by atoms with Gasteiger partial charge in [-0.2, -0.15) is 0 Å². The Balaban J connectivity index is 1.50. The Labute approximate surface area is 155 Å². The van der Waals surface area contributed by atoms with E-state index in [1.54, 1.807) is 0 Å². The van der Waals surface area contributed by atoms with E-state index in [0.717, 1.165) is 31.1 Å². The van der Waals surface area contributed by atoms with E-state index in [0.29, 0.717) is 13.1 Å². The third-order valence-electron chi connectivity index (χ3n) is 5.40. The van der Waals surface area contributed by atoms with Crippen molar-refractivity contribution in [1.29, 1.82) is 0 Å². The summed E-state index contributed by atoms with van der Waals surface area (Å²) in [6.45, 7) is 8.45. The fraction of sp³-hybridized carbons (Fsp3) is 0.600. The molecule has 1 aromatic rings. The summed E-state index contributed by atoms with van der Waals surface area (Å²) in [4.78, 5) is 28.0. The molecule has 2 saturated heterocycles. The smallest absolute Gasteiger partial charge is 0.234 e. The molecule has 2 aliphatic heterocycles. The van der Waals surface area contributed by atoms with Crippen LogP contribution in [-0.4, -0.2) is 56.0 Å². The molecule has 0 aliphatic carbocycles. The first-order valence-electron chi connectivity index (χ1n) is 9.64. The highest BCUT2D eigenvalue weighted by atomic mass is 16.2. The molecule has 1 aromatic carbocycles. The second-order valence-corrected chi connectivity index (χ2v) is 7.61. The Hall–Kier alpha value is -2.08. The van der Waals surface area contributed by atoms with Gasteiger partial charge in [0.1, 0.15) is 0 Å². The summed E-state index contributed by atoms with van der Waals surface area (Å²) in [6, 6.07) is 8.47. The molecule has 26 heavy (non-hydrogen) atoms. The average molecular weight is 358 g/mol. The second-order valence-electron chi connectivity index (χ2n) is 7.61. The van der Waals surface area contributed by atoms with Crippen molar-refractivity contribution in [2.24, 2.45) is 5.92 Å². The van der Waals surface area contributed by atoms with Gasteiger partial charge in [-0.15, -0.1) is 0 Å². The molecule has 6 nitrogen and oxygen atoms in total. The normalized spacial score (nSPS) is 20.5. The van der Waals surface area contributed by atoms with Crippen LogP contribution in [0.3, 0.4) is 0 Å². The van der Waals surface area contributed by atoms with Crippen molar-refractivity contribution in [2.45, 2.75) is 32.7 Å². The first-order chi connectivity index (χ1) is 12.5. The van der Waals surface area contributed by atoms with Gasteiger partial charge < -0.3 is 15.5 Å². The van der Waals surface area contributed by atoms with E-state index in [1.807, 2.05) is 11.8 Å². The molecule has 0 saturated carbocycles. The van der Waals surface area contributed by atoms with E-state index in [4.69, 9.17) is 0 Å². The molecule has 2 heterocycles. The molecule has 0 radical (unpaired) electrons. The van der Waals surface area contributed by atoms with Crippen LogP contribution in [0.2, 0.25) is 0 Å². The number of hydrogen-bond acceptors (Lipinski definition) is 4. The molecule has 2 amide bonds. The van der Waals surface area contributed by atoms with Crippen molar-refractivity contribution in [3.63, 3.8) is 0 Å². The standard InChI is InChI=1S/C20H30N4O2/c1-15-7-10-24(11-8-15)18-5-3-17(4-6-18)16(2)22-20(26)14-23-12-9-21-19(25)13-23/h3-6,15-16H,7-14H2,1-2H3,(H,21,25)(H,22,26)/t16-/m0/s1. The van der Waals surface area contributed by atoms with Crippen molar-refractivity contribution in [3.05, 3.63) is 29.8 Å². The lowest BCUT2D eigenvalue weighted by Gasteiger charge is -2.32. The lowest BCUT2D eigenvalue weighted by atomic mass is 9.98. The van der Waals surface area contributed by atoms with Gasteiger partial charge in [-0.3, -0.25) is 14.5 Å². The average Bonchev–Trinajstić information content (AvgIpc) is 2.62. The fourth-order valence-corrected chi connectivity index (χ4v) is 3.64.